The van der Waals surface area contributed by atoms with Crippen LogP contribution in [-0.2, 0) is 9.53 Å². The first-order valence-electron chi connectivity index (χ1n) is 7.36. The van der Waals surface area contributed by atoms with Gasteiger partial charge in [-0.1, -0.05) is 30.3 Å². The fourth-order valence-corrected chi connectivity index (χ4v) is 2.29. The highest BCUT2D eigenvalue weighted by Crippen LogP contribution is 2.00. The summed E-state index contributed by atoms with van der Waals surface area (Å²) < 4.78 is 5.29. The molecule has 6 heteroatoms. The average Bonchev–Trinajstić information content (AvgIpc) is 2.55. The molecule has 0 aliphatic carbocycles. The molecule has 2 N–H and O–H groups in total. The van der Waals surface area contributed by atoms with Crippen LogP contribution in [-0.4, -0.2) is 55.3 Å². The van der Waals surface area contributed by atoms with Crippen molar-refractivity contribution in [1.82, 2.24) is 15.5 Å². The van der Waals surface area contributed by atoms with Crippen molar-refractivity contribution < 1.29 is 9.53 Å². The Hall–Kier alpha value is -1.76. The van der Waals surface area contributed by atoms with Crippen LogP contribution in [0.5, 0.6) is 0 Å². The molecule has 0 spiro atoms. The molecule has 1 aromatic rings. The Balaban J connectivity index is 1.63. The predicted molar refractivity (Wildman–Crippen MR) is 91.5 cm³/mol. The summed E-state index contributed by atoms with van der Waals surface area (Å²) in [5.41, 5.74) is 0.976. The first-order chi connectivity index (χ1) is 10.7. The molecule has 1 fully saturated rings. The van der Waals surface area contributed by atoms with Crippen molar-refractivity contribution >= 4 is 29.3 Å². The third kappa shape index (κ3) is 6.34. The summed E-state index contributed by atoms with van der Waals surface area (Å²) in [6.45, 7) is 5.05. The molecule has 0 unspecified atom stereocenters. The van der Waals surface area contributed by atoms with Crippen LogP contribution in [0.4, 0.5) is 0 Å². The van der Waals surface area contributed by atoms with Crippen LogP contribution in [0.25, 0.3) is 6.08 Å². The number of hydrogen-bond donors (Lipinski definition) is 2. The van der Waals surface area contributed by atoms with Gasteiger partial charge in [0.05, 0.1) is 13.2 Å². The lowest BCUT2D eigenvalue weighted by Crippen LogP contribution is -2.44. The summed E-state index contributed by atoms with van der Waals surface area (Å²) in [4.78, 5) is 14.0. The largest absolute Gasteiger partial charge is 0.379 e. The molecular formula is C16H21N3O2S. The highest BCUT2D eigenvalue weighted by molar-refractivity contribution is 7.80. The quantitative estimate of drug-likeness (QED) is 0.627. The molecule has 0 saturated carbocycles. The first-order valence-corrected chi connectivity index (χ1v) is 7.77. The highest BCUT2D eigenvalue weighted by Gasteiger charge is 2.09. The lowest BCUT2D eigenvalue weighted by molar-refractivity contribution is -0.115. The molecule has 5 nitrogen and oxygen atoms in total. The Bertz CT molecular complexity index is 513. The lowest BCUT2D eigenvalue weighted by atomic mass is 10.2. The van der Waals surface area contributed by atoms with Gasteiger partial charge in [0.15, 0.2) is 5.11 Å². The topological polar surface area (TPSA) is 53.6 Å². The van der Waals surface area contributed by atoms with E-state index in [1.807, 2.05) is 30.3 Å². The number of thiocarbonyl (C=S) groups is 1. The minimum atomic E-state index is -0.229. The van der Waals surface area contributed by atoms with Crippen molar-refractivity contribution in [1.29, 1.82) is 0 Å². The van der Waals surface area contributed by atoms with Crippen LogP contribution in [0.1, 0.15) is 5.56 Å². The van der Waals surface area contributed by atoms with Gasteiger partial charge < -0.3 is 10.1 Å². The molecule has 0 bridgehead atoms. The third-order valence-corrected chi connectivity index (χ3v) is 3.53. The second kappa shape index (κ2) is 9.30. The normalized spacial score (nSPS) is 15.6. The Morgan fingerprint density at radius 2 is 2.00 bits per heavy atom. The maximum atomic E-state index is 11.7. The van der Waals surface area contributed by atoms with Crippen LogP contribution in [0.15, 0.2) is 36.4 Å². The fourth-order valence-electron chi connectivity index (χ4n) is 2.09. The van der Waals surface area contributed by atoms with Gasteiger partial charge in [-0.15, -0.1) is 0 Å². The molecule has 22 heavy (non-hydrogen) atoms. The van der Waals surface area contributed by atoms with E-state index >= 15 is 0 Å². The maximum Gasteiger partial charge on any atom is 0.250 e. The van der Waals surface area contributed by atoms with E-state index in [0.717, 1.165) is 38.4 Å². The lowest BCUT2D eigenvalue weighted by Gasteiger charge is -2.26. The number of carbonyl (C=O) groups is 1. The van der Waals surface area contributed by atoms with Gasteiger partial charge in [-0.3, -0.25) is 15.0 Å². The van der Waals surface area contributed by atoms with Gasteiger partial charge in [-0.25, -0.2) is 0 Å². The average molecular weight is 319 g/mol. The number of nitrogens with zero attached hydrogens (tertiary/aromatic N) is 1. The predicted octanol–water partition coefficient (Wildman–Crippen LogP) is 1.02. The SMILES string of the molecule is O=C(C=Cc1ccccc1)NC(=S)NCCN1CCOCC1. The fraction of sp³-hybridized carbons (Fsp3) is 0.375. The zero-order valence-electron chi connectivity index (χ0n) is 12.5. The first kappa shape index (κ1) is 16.6. The van der Waals surface area contributed by atoms with Gasteiger partial charge in [0, 0.05) is 32.3 Å². The number of amides is 1. The summed E-state index contributed by atoms with van der Waals surface area (Å²) in [6.07, 6.45) is 3.23. The minimum absolute atomic E-state index is 0.229. The number of nitrogens with one attached hydrogen (secondary N) is 2. The van der Waals surface area contributed by atoms with Gasteiger partial charge in [0.25, 0.3) is 0 Å². The Kier molecular flexibility index (Phi) is 7.02. The molecule has 1 amide bonds. The summed E-state index contributed by atoms with van der Waals surface area (Å²) in [6, 6.07) is 9.65. The van der Waals surface area contributed by atoms with Crippen LogP contribution in [0.2, 0.25) is 0 Å². The molecule has 1 saturated heterocycles. The number of benzene rings is 1. The molecule has 1 aromatic carbocycles. The van der Waals surface area contributed by atoms with Crippen molar-refractivity contribution in [3.8, 4) is 0 Å². The maximum absolute atomic E-state index is 11.7. The van der Waals surface area contributed by atoms with Gasteiger partial charge in [0.1, 0.15) is 0 Å². The van der Waals surface area contributed by atoms with Crippen molar-refractivity contribution in [2.75, 3.05) is 39.4 Å². The van der Waals surface area contributed by atoms with Crippen LogP contribution < -0.4 is 10.6 Å². The number of rotatable bonds is 5. The summed E-state index contributed by atoms with van der Waals surface area (Å²) in [5.74, 6) is -0.229. The van der Waals surface area contributed by atoms with E-state index < -0.39 is 0 Å². The highest BCUT2D eigenvalue weighted by atomic mass is 32.1. The van der Waals surface area contributed by atoms with Crippen LogP contribution in [0, 0.1) is 0 Å². The number of ether oxygens (including phenoxy) is 1. The van der Waals surface area contributed by atoms with E-state index in [2.05, 4.69) is 15.5 Å². The van der Waals surface area contributed by atoms with E-state index in [9.17, 15) is 4.79 Å². The number of carbonyl (C=O) groups excluding carboxylic acids is 1. The monoisotopic (exact) mass is 319 g/mol. The zero-order chi connectivity index (χ0) is 15.6. The van der Waals surface area contributed by atoms with E-state index in [0.29, 0.717) is 11.7 Å². The number of hydrogen-bond acceptors (Lipinski definition) is 4. The molecule has 0 radical (unpaired) electrons. The minimum Gasteiger partial charge on any atom is -0.379 e. The van der Waals surface area contributed by atoms with Crippen molar-refractivity contribution in [2.24, 2.45) is 0 Å². The second-order valence-electron chi connectivity index (χ2n) is 4.94. The molecule has 1 aliphatic rings. The smallest absolute Gasteiger partial charge is 0.250 e. The molecular weight excluding hydrogens is 298 g/mol. The Morgan fingerprint density at radius 1 is 1.27 bits per heavy atom. The van der Waals surface area contributed by atoms with E-state index in [1.54, 1.807) is 6.08 Å². The van der Waals surface area contributed by atoms with Crippen LogP contribution >= 0.6 is 12.2 Å². The van der Waals surface area contributed by atoms with Gasteiger partial charge in [-0.05, 0) is 23.9 Å². The summed E-state index contributed by atoms with van der Waals surface area (Å²) in [7, 11) is 0. The van der Waals surface area contributed by atoms with Crippen molar-refractivity contribution in [2.45, 2.75) is 0 Å². The van der Waals surface area contributed by atoms with Gasteiger partial charge in [-0.2, -0.15) is 0 Å². The second-order valence-corrected chi connectivity index (χ2v) is 5.35. The molecule has 1 aliphatic heterocycles. The van der Waals surface area contributed by atoms with E-state index in [4.69, 9.17) is 17.0 Å². The Morgan fingerprint density at radius 3 is 2.73 bits per heavy atom. The standard InChI is InChI=1S/C16H21N3O2S/c20-15(7-6-14-4-2-1-3-5-14)18-16(22)17-8-9-19-10-12-21-13-11-19/h1-7H,8-13H2,(H2,17,18,20,22). The summed E-state index contributed by atoms with van der Waals surface area (Å²) >= 11 is 5.11. The van der Waals surface area contributed by atoms with Gasteiger partial charge in [0.2, 0.25) is 5.91 Å². The molecule has 0 aromatic heterocycles. The van der Waals surface area contributed by atoms with E-state index in [1.165, 1.54) is 6.08 Å². The molecule has 0 atom stereocenters. The van der Waals surface area contributed by atoms with Crippen molar-refractivity contribution in [3.05, 3.63) is 42.0 Å². The molecule has 2 rings (SSSR count). The van der Waals surface area contributed by atoms with Crippen molar-refractivity contribution in [3.63, 3.8) is 0 Å². The summed E-state index contributed by atoms with van der Waals surface area (Å²) in [5, 5.41) is 6.04. The van der Waals surface area contributed by atoms with Gasteiger partial charge >= 0.3 is 0 Å². The van der Waals surface area contributed by atoms with Crippen LogP contribution in [0.3, 0.4) is 0 Å². The third-order valence-electron chi connectivity index (χ3n) is 3.28. The zero-order valence-corrected chi connectivity index (χ0v) is 13.3. The molecule has 1 heterocycles. The molecule has 118 valence electrons. The number of morpholine rings is 1. The van der Waals surface area contributed by atoms with E-state index in [-0.39, 0.29) is 5.91 Å². The Labute approximate surface area is 136 Å².